The molecule has 0 aliphatic heterocycles. The van der Waals surface area contributed by atoms with Crippen LogP contribution in [0.2, 0.25) is 0 Å². The van der Waals surface area contributed by atoms with Gasteiger partial charge in [0.25, 0.3) is 0 Å². The Labute approximate surface area is 145 Å². The molecule has 0 saturated carbocycles. The monoisotopic (exact) mass is 331 g/mol. The first-order valence-electron chi connectivity index (χ1n) is 8.67. The highest BCUT2D eigenvalue weighted by molar-refractivity contribution is 5.73. The Morgan fingerprint density at radius 3 is 2.33 bits per heavy atom. The van der Waals surface area contributed by atoms with Crippen LogP contribution in [0, 0.1) is 17.2 Å². The molecule has 24 heavy (non-hydrogen) atoms. The second-order valence-electron chi connectivity index (χ2n) is 5.77. The quantitative estimate of drug-likeness (QED) is 0.715. The van der Waals surface area contributed by atoms with Crippen molar-refractivity contribution in [2.75, 3.05) is 26.2 Å². The van der Waals surface area contributed by atoms with Crippen LogP contribution in [0.25, 0.3) is 0 Å². The van der Waals surface area contributed by atoms with Crippen LogP contribution in [0.5, 0.6) is 5.75 Å². The zero-order valence-electron chi connectivity index (χ0n) is 15.2. The zero-order valence-corrected chi connectivity index (χ0v) is 15.2. The first-order valence-corrected chi connectivity index (χ1v) is 8.67. The fourth-order valence-corrected chi connectivity index (χ4v) is 2.64. The molecule has 0 aromatic heterocycles. The summed E-state index contributed by atoms with van der Waals surface area (Å²) in [5.41, 5.74) is 0.926. The predicted octanol–water partition coefficient (Wildman–Crippen LogP) is 3.13. The minimum atomic E-state index is -0.290. The number of nitriles is 1. The molecule has 0 fully saturated rings. The third-order valence-corrected chi connectivity index (χ3v) is 4.18. The van der Waals surface area contributed by atoms with Crippen molar-refractivity contribution >= 4 is 5.91 Å². The summed E-state index contributed by atoms with van der Waals surface area (Å²) >= 11 is 0. The molecule has 1 aromatic rings. The van der Waals surface area contributed by atoms with Gasteiger partial charge in [0.1, 0.15) is 12.4 Å². The van der Waals surface area contributed by atoms with E-state index in [1.807, 2.05) is 31.2 Å². The average molecular weight is 331 g/mol. The molecule has 1 rings (SSSR count). The van der Waals surface area contributed by atoms with Gasteiger partial charge in [-0.15, -0.1) is 0 Å². The van der Waals surface area contributed by atoms with Crippen LogP contribution in [0.3, 0.4) is 0 Å². The molecule has 0 heterocycles. The maximum absolute atomic E-state index is 11.4. The lowest BCUT2D eigenvalue weighted by molar-refractivity contribution is -0.119. The lowest BCUT2D eigenvalue weighted by atomic mass is 9.92. The van der Waals surface area contributed by atoms with E-state index >= 15 is 0 Å². The third kappa shape index (κ3) is 6.21. The van der Waals surface area contributed by atoms with E-state index in [0.717, 1.165) is 30.9 Å². The van der Waals surface area contributed by atoms with E-state index in [0.29, 0.717) is 13.0 Å². The third-order valence-electron chi connectivity index (χ3n) is 4.18. The molecular formula is C19H29N3O2. The first-order chi connectivity index (χ1) is 11.5. The van der Waals surface area contributed by atoms with E-state index in [1.54, 1.807) is 0 Å². The number of carbonyl (C=O) groups excluding carboxylic acids is 1. The van der Waals surface area contributed by atoms with Gasteiger partial charge in [-0.1, -0.05) is 32.9 Å². The van der Waals surface area contributed by atoms with Crippen LogP contribution in [-0.4, -0.2) is 37.0 Å². The molecule has 5 heteroatoms. The average Bonchev–Trinajstić information content (AvgIpc) is 2.59. The normalized spacial score (nSPS) is 13.2. The molecule has 2 unspecified atom stereocenters. The molecule has 0 saturated heterocycles. The number of ether oxygens (including phenoxy) is 1. The van der Waals surface area contributed by atoms with Gasteiger partial charge in [-0.05, 0) is 37.2 Å². The minimum absolute atomic E-state index is 0.131. The molecule has 0 spiro atoms. The summed E-state index contributed by atoms with van der Waals surface area (Å²) in [6, 6.07) is 9.64. The number of amides is 1. The number of hydrogen-bond donors (Lipinski definition) is 1. The summed E-state index contributed by atoms with van der Waals surface area (Å²) in [7, 11) is 0. The van der Waals surface area contributed by atoms with Gasteiger partial charge in [0.2, 0.25) is 5.91 Å². The molecule has 0 radical (unpaired) electrons. The number of carbonyl (C=O) groups is 1. The summed E-state index contributed by atoms with van der Waals surface area (Å²) < 4.78 is 5.78. The van der Waals surface area contributed by atoms with Crippen LogP contribution in [0.15, 0.2) is 24.3 Å². The van der Waals surface area contributed by atoms with E-state index in [4.69, 9.17) is 4.74 Å². The van der Waals surface area contributed by atoms with Crippen molar-refractivity contribution < 1.29 is 9.53 Å². The van der Waals surface area contributed by atoms with Crippen molar-refractivity contribution in [2.24, 2.45) is 5.92 Å². The van der Waals surface area contributed by atoms with Gasteiger partial charge in [-0.25, -0.2) is 0 Å². The van der Waals surface area contributed by atoms with Crippen molar-refractivity contribution in [3.05, 3.63) is 29.8 Å². The Hall–Kier alpha value is -2.06. The number of benzene rings is 1. The van der Waals surface area contributed by atoms with E-state index in [-0.39, 0.29) is 17.9 Å². The SMILES string of the molecule is CCC(C#N)C(NC(C)=O)c1ccc(OCCN(CC)CC)cc1. The highest BCUT2D eigenvalue weighted by Crippen LogP contribution is 2.26. The summed E-state index contributed by atoms with van der Waals surface area (Å²) in [4.78, 5) is 13.7. The van der Waals surface area contributed by atoms with Gasteiger partial charge in [0, 0.05) is 13.5 Å². The second kappa shape index (κ2) is 10.7. The Morgan fingerprint density at radius 2 is 1.88 bits per heavy atom. The largest absolute Gasteiger partial charge is 0.492 e. The molecule has 0 aliphatic carbocycles. The van der Waals surface area contributed by atoms with E-state index in [1.165, 1.54) is 6.92 Å². The van der Waals surface area contributed by atoms with Gasteiger partial charge in [0.15, 0.2) is 0 Å². The molecular weight excluding hydrogens is 302 g/mol. The molecule has 5 nitrogen and oxygen atoms in total. The highest BCUT2D eigenvalue weighted by atomic mass is 16.5. The second-order valence-corrected chi connectivity index (χ2v) is 5.77. The van der Waals surface area contributed by atoms with Crippen LogP contribution in [0.1, 0.15) is 45.7 Å². The summed E-state index contributed by atoms with van der Waals surface area (Å²) in [6.07, 6.45) is 0.684. The van der Waals surface area contributed by atoms with Gasteiger partial charge >= 0.3 is 0 Å². The molecule has 0 bridgehead atoms. The zero-order chi connectivity index (χ0) is 17.9. The van der Waals surface area contributed by atoms with Crippen molar-refractivity contribution in [1.82, 2.24) is 10.2 Å². The predicted molar refractivity (Wildman–Crippen MR) is 95.7 cm³/mol. The van der Waals surface area contributed by atoms with Gasteiger partial charge in [-0.3, -0.25) is 4.79 Å². The minimum Gasteiger partial charge on any atom is -0.492 e. The molecule has 1 aromatic carbocycles. The lowest BCUT2D eigenvalue weighted by Crippen LogP contribution is -2.31. The Balaban J connectivity index is 2.72. The van der Waals surface area contributed by atoms with Crippen molar-refractivity contribution in [3.63, 3.8) is 0 Å². The Morgan fingerprint density at radius 1 is 1.25 bits per heavy atom. The molecule has 2 atom stereocenters. The standard InChI is InChI=1S/C19H29N3O2/c1-5-16(14-20)19(21-15(4)23)17-8-10-18(11-9-17)24-13-12-22(6-2)7-3/h8-11,16,19H,5-7,12-13H2,1-4H3,(H,21,23). The van der Waals surface area contributed by atoms with Crippen molar-refractivity contribution in [3.8, 4) is 11.8 Å². The summed E-state index contributed by atoms with van der Waals surface area (Å²) in [5, 5.41) is 12.2. The van der Waals surface area contributed by atoms with E-state index in [9.17, 15) is 10.1 Å². The molecule has 132 valence electrons. The van der Waals surface area contributed by atoms with Crippen LogP contribution in [0.4, 0.5) is 0 Å². The number of hydrogen-bond acceptors (Lipinski definition) is 4. The van der Waals surface area contributed by atoms with Crippen molar-refractivity contribution in [1.29, 1.82) is 5.26 Å². The fourth-order valence-electron chi connectivity index (χ4n) is 2.64. The van der Waals surface area contributed by atoms with Crippen molar-refractivity contribution in [2.45, 2.75) is 40.2 Å². The summed E-state index contributed by atoms with van der Waals surface area (Å²) in [5.74, 6) is 0.425. The number of nitrogens with zero attached hydrogens (tertiary/aromatic N) is 2. The Bertz CT molecular complexity index is 533. The number of likely N-dealkylation sites (N-methyl/N-ethyl adjacent to an activating group) is 1. The lowest BCUT2D eigenvalue weighted by Gasteiger charge is -2.22. The fraction of sp³-hybridized carbons (Fsp3) is 0.579. The Kier molecular flexibility index (Phi) is 8.88. The van der Waals surface area contributed by atoms with Gasteiger partial charge in [-0.2, -0.15) is 5.26 Å². The number of rotatable bonds is 10. The van der Waals surface area contributed by atoms with Crippen LogP contribution < -0.4 is 10.1 Å². The highest BCUT2D eigenvalue weighted by Gasteiger charge is 2.22. The first kappa shape index (κ1) is 20.0. The summed E-state index contributed by atoms with van der Waals surface area (Å²) in [6.45, 7) is 11.3. The molecule has 1 N–H and O–H groups in total. The maximum atomic E-state index is 11.4. The van der Waals surface area contributed by atoms with Gasteiger partial charge < -0.3 is 15.0 Å². The van der Waals surface area contributed by atoms with E-state index in [2.05, 4.69) is 30.1 Å². The molecule has 1 amide bonds. The van der Waals surface area contributed by atoms with Gasteiger partial charge in [0.05, 0.1) is 18.0 Å². The number of nitrogens with one attached hydrogen (secondary N) is 1. The topological polar surface area (TPSA) is 65.4 Å². The van der Waals surface area contributed by atoms with Crippen LogP contribution >= 0.6 is 0 Å². The van der Waals surface area contributed by atoms with E-state index < -0.39 is 0 Å². The smallest absolute Gasteiger partial charge is 0.217 e. The molecule has 0 aliphatic rings. The van der Waals surface area contributed by atoms with Crippen LogP contribution in [-0.2, 0) is 4.79 Å². The maximum Gasteiger partial charge on any atom is 0.217 e.